The van der Waals surface area contributed by atoms with Crippen molar-refractivity contribution in [1.82, 2.24) is 25.0 Å². The molecular weight excluding hydrogens is 435 g/mol. The van der Waals surface area contributed by atoms with E-state index in [0.29, 0.717) is 18.8 Å². The molecule has 0 atom stereocenters. The number of likely N-dealkylation sites (N-methyl/N-ethyl adjacent to an activating group) is 1. The maximum atomic E-state index is 13.7. The molecule has 1 saturated heterocycles. The van der Waals surface area contributed by atoms with E-state index in [0.717, 1.165) is 24.7 Å². The lowest BCUT2D eigenvalue weighted by Crippen LogP contribution is -2.44. The number of piperazine rings is 1. The average molecular weight is 459 g/mol. The summed E-state index contributed by atoms with van der Waals surface area (Å²) in [6.07, 6.45) is -1.26. The van der Waals surface area contributed by atoms with Gasteiger partial charge >= 0.3 is 12.2 Å². The number of halogens is 3. The van der Waals surface area contributed by atoms with E-state index in [1.54, 1.807) is 24.5 Å². The van der Waals surface area contributed by atoms with Crippen molar-refractivity contribution < 1.29 is 18.0 Å². The predicted octanol–water partition coefficient (Wildman–Crippen LogP) is 3.88. The molecule has 0 saturated carbocycles. The van der Waals surface area contributed by atoms with Crippen LogP contribution in [0.5, 0.6) is 0 Å². The Morgan fingerprint density at radius 2 is 1.91 bits per heavy atom. The van der Waals surface area contributed by atoms with Crippen LogP contribution in [-0.2, 0) is 12.7 Å². The molecule has 3 aromatic rings. The van der Waals surface area contributed by atoms with Crippen molar-refractivity contribution >= 4 is 17.5 Å². The van der Waals surface area contributed by atoms with Gasteiger partial charge in [0.1, 0.15) is 0 Å². The van der Waals surface area contributed by atoms with Gasteiger partial charge in [-0.05, 0) is 36.9 Å². The van der Waals surface area contributed by atoms with E-state index >= 15 is 0 Å². The summed E-state index contributed by atoms with van der Waals surface area (Å²) < 4.78 is 41.2. The van der Waals surface area contributed by atoms with E-state index < -0.39 is 17.8 Å². The van der Waals surface area contributed by atoms with Crippen LogP contribution in [0.15, 0.2) is 48.8 Å². The van der Waals surface area contributed by atoms with Crippen LogP contribution in [0.3, 0.4) is 0 Å². The van der Waals surface area contributed by atoms with Gasteiger partial charge < -0.3 is 10.2 Å². The van der Waals surface area contributed by atoms with Crippen LogP contribution >= 0.6 is 0 Å². The second-order valence-corrected chi connectivity index (χ2v) is 7.94. The van der Waals surface area contributed by atoms with Crippen molar-refractivity contribution in [2.45, 2.75) is 12.7 Å². The minimum absolute atomic E-state index is 0.0463. The third-order valence-electron chi connectivity index (χ3n) is 5.45. The summed E-state index contributed by atoms with van der Waals surface area (Å²) in [7, 11) is 1.99. The van der Waals surface area contributed by atoms with Crippen molar-refractivity contribution in [2.75, 3.05) is 43.9 Å². The van der Waals surface area contributed by atoms with Crippen LogP contribution in [0.4, 0.5) is 29.5 Å². The molecule has 1 aromatic carbocycles. The minimum atomic E-state index is -4.53. The first-order valence-electron chi connectivity index (χ1n) is 10.4. The lowest BCUT2D eigenvalue weighted by atomic mass is 10.0. The number of carbonyl (C=O) groups excluding carboxylic acids is 1. The Morgan fingerprint density at radius 1 is 1.12 bits per heavy atom. The molecule has 1 fully saturated rings. The number of urea groups is 1. The molecule has 11 heteroatoms. The first-order valence-corrected chi connectivity index (χ1v) is 10.4. The quantitative estimate of drug-likeness (QED) is 0.539. The normalized spacial score (nSPS) is 15.4. The Bertz CT molecular complexity index is 1090. The number of alkyl halides is 3. The third kappa shape index (κ3) is 5.88. The molecule has 33 heavy (non-hydrogen) atoms. The maximum Gasteiger partial charge on any atom is 0.416 e. The Labute approximate surface area is 188 Å². The van der Waals surface area contributed by atoms with E-state index in [9.17, 15) is 18.0 Å². The molecule has 1 aliphatic heterocycles. The van der Waals surface area contributed by atoms with Crippen molar-refractivity contribution in [2.24, 2.45) is 0 Å². The Hall–Kier alpha value is -3.44. The Kier molecular flexibility index (Phi) is 6.61. The zero-order valence-corrected chi connectivity index (χ0v) is 18.0. The molecular formula is C22H24F3N7O. The van der Waals surface area contributed by atoms with Crippen molar-refractivity contribution in [3.05, 3.63) is 59.9 Å². The molecule has 174 valence electrons. The standard InChI is InChI=1S/C22H24F3N7O/c1-31-7-9-32(10-8-31)14-16-4-5-17(11-18(16)22(23,24)25)27-21(33)28-20-12-19(29-30-20)15-3-2-6-26-13-15/h2-6,11-13H,7-10,14H2,1H3,(H3,27,28,29,30,33). The number of carbonyl (C=O) groups is 1. The fourth-order valence-electron chi connectivity index (χ4n) is 3.64. The minimum Gasteiger partial charge on any atom is -0.308 e. The van der Waals surface area contributed by atoms with Gasteiger partial charge in [0.25, 0.3) is 0 Å². The van der Waals surface area contributed by atoms with E-state index in [1.165, 1.54) is 12.1 Å². The number of nitrogens with zero attached hydrogens (tertiary/aromatic N) is 4. The van der Waals surface area contributed by atoms with E-state index in [1.807, 2.05) is 18.0 Å². The number of hydrogen-bond donors (Lipinski definition) is 3. The number of benzene rings is 1. The number of aromatic amines is 1. The van der Waals surface area contributed by atoms with Gasteiger partial charge in [-0.1, -0.05) is 6.07 Å². The number of H-pyrrole nitrogens is 1. The second-order valence-electron chi connectivity index (χ2n) is 7.94. The monoisotopic (exact) mass is 459 g/mol. The molecule has 0 spiro atoms. The zero-order chi connectivity index (χ0) is 23.4. The van der Waals surface area contributed by atoms with Crippen LogP contribution in [-0.4, -0.2) is 64.2 Å². The van der Waals surface area contributed by atoms with Gasteiger partial charge in [0, 0.05) is 62.4 Å². The van der Waals surface area contributed by atoms with Crippen LogP contribution in [0.25, 0.3) is 11.3 Å². The fourth-order valence-corrected chi connectivity index (χ4v) is 3.64. The van der Waals surface area contributed by atoms with Crippen LogP contribution in [0, 0.1) is 0 Å². The van der Waals surface area contributed by atoms with Crippen LogP contribution in [0.2, 0.25) is 0 Å². The van der Waals surface area contributed by atoms with Gasteiger partial charge in [0.05, 0.1) is 11.3 Å². The van der Waals surface area contributed by atoms with E-state index in [2.05, 4.69) is 30.7 Å². The second kappa shape index (κ2) is 9.59. The van der Waals surface area contributed by atoms with Crippen molar-refractivity contribution in [3.8, 4) is 11.3 Å². The van der Waals surface area contributed by atoms with Gasteiger partial charge in [-0.2, -0.15) is 18.3 Å². The highest BCUT2D eigenvalue weighted by atomic mass is 19.4. The smallest absolute Gasteiger partial charge is 0.308 e. The molecule has 4 rings (SSSR count). The number of rotatable bonds is 5. The molecule has 2 aromatic heterocycles. The molecule has 1 aliphatic rings. The summed E-state index contributed by atoms with van der Waals surface area (Å²) in [4.78, 5) is 20.5. The maximum absolute atomic E-state index is 13.7. The highest BCUT2D eigenvalue weighted by molar-refractivity contribution is 5.99. The van der Waals surface area contributed by atoms with Gasteiger partial charge in [-0.25, -0.2) is 4.79 Å². The highest BCUT2D eigenvalue weighted by Gasteiger charge is 2.34. The summed E-state index contributed by atoms with van der Waals surface area (Å²) in [5, 5.41) is 11.8. The van der Waals surface area contributed by atoms with Gasteiger partial charge in [-0.15, -0.1) is 0 Å². The predicted molar refractivity (Wildman–Crippen MR) is 119 cm³/mol. The number of nitrogens with one attached hydrogen (secondary N) is 3. The summed E-state index contributed by atoms with van der Waals surface area (Å²) >= 11 is 0. The molecule has 3 N–H and O–H groups in total. The molecule has 8 nitrogen and oxygen atoms in total. The number of anilines is 2. The summed E-state index contributed by atoms with van der Waals surface area (Å²) in [6.45, 7) is 3.26. The summed E-state index contributed by atoms with van der Waals surface area (Å²) in [5.41, 5.74) is 0.907. The van der Waals surface area contributed by atoms with Crippen molar-refractivity contribution in [1.29, 1.82) is 0 Å². The van der Waals surface area contributed by atoms with Gasteiger partial charge in [0.2, 0.25) is 0 Å². The van der Waals surface area contributed by atoms with E-state index in [-0.39, 0.29) is 23.6 Å². The molecule has 0 radical (unpaired) electrons. The third-order valence-corrected chi connectivity index (χ3v) is 5.45. The topological polar surface area (TPSA) is 89.2 Å². The van der Waals surface area contributed by atoms with Crippen molar-refractivity contribution in [3.63, 3.8) is 0 Å². The largest absolute Gasteiger partial charge is 0.416 e. The van der Waals surface area contributed by atoms with Crippen LogP contribution in [0.1, 0.15) is 11.1 Å². The highest BCUT2D eigenvalue weighted by Crippen LogP contribution is 2.34. The summed E-state index contributed by atoms with van der Waals surface area (Å²) in [6, 6.07) is 8.37. The first kappa shape index (κ1) is 22.7. The lowest BCUT2D eigenvalue weighted by molar-refractivity contribution is -0.138. The van der Waals surface area contributed by atoms with E-state index in [4.69, 9.17) is 0 Å². The average Bonchev–Trinajstić information content (AvgIpc) is 3.24. The summed E-state index contributed by atoms with van der Waals surface area (Å²) in [5.74, 6) is 0.231. The molecule has 0 aliphatic carbocycles. The molecule has 2 amide bonds. The zero-order valence-electron chi connectivity index (χ0n) is 18.0. The molecule has 0 bridgehead atoms. The number of pyridine rings is 1. The molecule has 0 unspecified atom stereocenters. The molecule has 3 heterocycles. The fraction of sp³-hybridized carbons (Fsp3) is 0.318. The first-order chi connectivity index (χ1) is 15.8. The van der Waals surface area contributed by atoms with Crippen LogP contribution < -0.4 is 10.6 Å². The Morgan fingerprint density at radius 3 is 2.61 bits per heavy atom. The van der Waals surface area contributed by atoms with Gasteiger partial charge in [0.15, 0.2) is 5.82 Å². The number of amides is 2. The van der Waals surface area contributed by atoms with Gasteiger partial charge in [-0.3, -0.25) is 20.3 Å². The number of aromatic nitrogens is 3. The lowest BCUT2D eigenvalue weighted by Gasteiger charge is -2.33. The Balaban J connectivity index is 1.43. The SMILES string of the molecule is CN1CCN(Cc2ccc(NC(=O)Nc3cc(-c4cccnc4)[nH]n3)cc2C(F)(F)F)CC1. The number of hydrogen-bond acceptors (Lipinski definition) is 5.